The highest BCUT2D eigenvalue weighted by Crippen LogP contribution is 2.73. The predicted octanol–water partition coefficient (Wildman–Crippen LogP) is 3.86. The Morgan fingerprint density at radius 3 is 2.23 bits per heavy atom. The molecule has 0 spiro atoms. The van der Waals surface area contributed by atoms with Crippen LogP contribution in [0.2, 0.25) is 0 Å². The summed E-state index contributed by atoms with van der Waals surface area (Å²) in [5.74, 6) is 3.38. The Hall–Kier alpha value is 0. The maximum atomic E-state index is 2.48. The molecule has 4 unspecified atom stereocenters. The molecule has 0 radical (unpaired) electrons. The van der Waals surface area contributed by atoms with E-state index in [1.54, 1.807) is 32.1 Å². The lowest BCUT2D eigenvalue weighted by atomic mass is 9.34. The zero-order valence-corrected chi connectivity index (χ0v) is 9.27. The third-order valence-corrected chi connectivity index (χ3v) is 5.57. The highest BCUT2D eigenvalue weighted by Gasteiger charge is 2.64. The van der Waals surface area contributed by atoms with Crippen LogP contribution in [0, 0.1) is 28.6 Å². The zero-order valence-electron chi connectivity index (χ0n) is 9.27. The van der Waals surface area contributed by atoms with E-state index in [0.717, 1.165) is 23.2 Å². The van der Waals surface area contributed by atoms with Gasteiger partial charge in [-0.05, 0) is 54.3 Å². The van der Waals surface area contributed by atoms with Crippen LogP contribution in [0.1, 0.15) is 52.9 Å². The van der Waals surface area contributed by atoms with Gasteiger partial charge in [0.15, 0.2) is 0 Å². The summed E-state index contributed by atoms with van der Waals surface area (Å²) in [5, 5.41) is 0. The van der Waals surface area contributed by atoms with Crippen LogP contribution in [0.5, 0.6) is 0 Å². The lowest BCUT2D eigenvalue weighted by molar-refractivity contribution is -0.211. The summed E-state index contributed by atoms with van der Waals surface area (Å²) in [6.45, 7) is 7.43. The fourth-order valence-electron chi connectivity index (χ4n) is 4.88. The number of hydrogen-bond donors (Lipinski definition) is 0. The maximum Gasteiger partial charge on any atom is -0.0213 e. The minimum Gasteiger partial charge on any atom is -0.0596 e. The minimum absolute atomic E-state index is 0.577. The molecule has 4 rings (SSSR count). The van der Waals surface area contributed by atoms with Gasteiger partial charge in [-0.3, -0.25) is 0 Å². The highest BCUT2D eigenvalue weighted by atomic mass is 14.7. The molecule has 4 saturated carbocycles. The Bertz CT molecular complexity index is 235. The second-order valence-electron chi connectivity index (χ2n) is 6.86. The summed E-state index contributed by atoms with van der Waals surface area (Å²) >= 11 is 0. The largest absolute Gasteiger partial charge is 0.0596 e. The van der Waals surface area contributed by atoms with Crippen molar-refractivity contribution in [2.75, 3.05) is 0 Å². The van der Waals surface area contributed by atoms with Crippen molar-refractivity contribution in [1.29, 1.82) is 0 Å². The van der Waals surface area contributed by atoms with Crippen LogP contribution in [-0.2, 0) is 0 Å². The van der Waals surface area contributed by atoms with Crippen molar-refractivity contribution in [3.05, 3.63) is 0 Å². The molecule has 0 aromatic rings. The second-order valence-corrected chi connectivity index (χ2v) is 6.86. The molecule has 0 aromatic carbocycles. The molecule has 0 saturated heterocycles. The molecule has 74 valence electrons. The summed E-state index contributed by atoms with van der Waals surface area (Å²) in [6, 6.07) is 0. The minimum atomic E-state index is 0.577. The standard InChI is InChI=1S/C13H22/c1-12(2,3)13-7-9-4-5-11(13)10(6-9)8-13/h9-11H,4-8H2,1-3H3. The van der Waals surface area contributed by atoms with Gasteiger partial charge in [0.2, 0.25) is 0 Å². The van der Waals surface area contributed by atoms with Crippen LogP contribution in [0.25, 0.3) is 0 Å². The summed E-state index contributed by atoms with van der Waals surface area (Å²) in [7, 11) is 0. The number of fused-ring (bicyclic) bond motifs is 1. The van der Waals surface area contributed by atoms with E-state index < -0.39 is 0 Å². The predicted molar refractivity (Wildman–Crippen MR) is 55.4 cm³/mol. The van der Waals surface area contributed by atoms with Gasteiger partial charge in [-0.15, -0.1) is 0 Å². The van der Waals surface area contributed by atoms with E-state index >= 15 is 0 Å². The third-order valence-electron chi connectivity index (χ3n) is 5.57. The van der Waals surface area contributed by atoms with Crippen molar-refractivity contribution in [3.63, 3.8) is 0 Å². The molecular formula is C13H22. The van der Waals surface area contributed by atoms with Crippen molar-refractivity contribution in [1.82, 2.24) is 0 Å². The number of hydrogen-bond acceptors (Lipinski definition) is 0. The SMILES string of the molecule is CC(C)(C)C12CC3CCC1C(C3)C2. The van der Waals surface area contributed by atoms with Gasteiger partial charge in [-0.2, -0.15) is 0 Å². The van der Waals surface area contributed by atoms with Crippen molar-refractivity contribution >= 4 is 0 Å². The van der Waals surface area contributed by atoms with Gasteiger partial charge < -0.3 is 0 Å². The Balaban J connectivity index is 1.95. The topological polar surface area (TPSA) is 0 Å². The Morgan fingerprint density at radius 1 is 1.08 bits per heavy atom. The fourth-order valence-corrected chi connectivity index (χ4v) is 4.88. The summed E-state index contributed by atoms with van der Waals surface area (Å²) in [5.41, 5.74) is 1.35. The van der Waals surface area contributed by atoms with Crippen molar-refractivity contribution in [3.8, 4) is 0 Å². The average molecular weight is 178 g/mol. The molecule has 0 aliphatic heterocycles. The van der Waals surface area contributed by atoms with E-state index in [9.17, 15) is 0 Å². The van der Waals surface area contributed by atoms with Crippen LogP contribution in [0.15, 0.2) is 0 Å². The maximum absolute atomic E-state index is 2.48. The molecule has 4 bridgehead atoms. The second kappa shape index (κ2) is 2.15. The molecule has 0 heteroatoms. The normalized spacial score (nSPS) is 53.3. The fraction of sp³-hybridized carbons (Fsp3) is 1.00. The molecule has 4 aliphatic carbocycles. The molecule has 4 aliphatic rings. The van der Waals surface area contributed by atoms with Crippen molar-refractivity contribution < 1.29 is 0 Å². The van der Waals surface area contributed by atoms with Crippen LogP contribution in [0.3, 0.4) is 0 Å². The molecule has 4 fully saturated rings. The molecule has 0 heterocycles. The summed E-state index contributed by atoms with van der Waals surface area (Å²) in [4.78, 5) is 0. The molecule has 0 aromatic heterocycles. The highest BCUT2D eigenvalue weighted by molar-refractivity contribution is 5.13. The Morgan fingerprint density at radius 2 is 1.85 bits per heavy atom. The van der Waals surface area contributed by atoms with Gasteiger partial charge in [0.05, 0.1) is 0 Å². The van der Waals surface area contributed by atoms with E-state index in [2.05, 4.69) is 20.8 Å². The van der Waals surface area contributed by atoms with Crippen molar-refractivity contribution in [2.45, 2.75) is 52.9 Å². The first-order valence-corrected chi connectivity index (χ1v) is 6.03. The van der Waals surface area contributed by atoms with Gasteiger partial charge in [-0.1, -0.05) is 27.2 Å². The first-order chi connectivity index (χ1) is 6.03. The summed E-state index contributed by atoms with van der Waals surface area (Å²) < 4.78 is 0. The van der Waals surface area contributed by atoms with Crippen LogP contribution < -0.4 is 0 Å². The van der Waals surface area contributed by atoms with E-state index in [-0.39, 0.29) is 0 Å². The first kappa shape index (κ1) is 8.32. The quantitative estimate of drug-likeness (QED) is 0.528. The summed E-state index contributed by atoms with van der Waals surface area (Å²) in [6.07, 6.45) is 7.84. The van der Waals surface area contributed by atoms with Crippen molar-refractivity contribution in [2.24, 2.45) is 28.6 Å². The van der Waals surface area contributed by atoms with E-state index in [0.29, 0.717) is 5.41 Å². The van der Waals surface area contributed by atoms with Crippen LogP contribution in [0.4, 0.5) is 0 Å². The molecule has 13 heavy (non-hydrogen) atoms. The van der Waals surface area contributed by atoms with Gasteiger partial charge in [-0.25, -0.2) is 0 Å². The van der Waals surface area contributed by atoms with E-state index in [1.807, 2.05) is 0 Å². The number of rotatable bonds is 0. The molecule has 4 atom stereocenters. The lowest BCUT2D eigenvalue weighted by Gasteiger charge is -2.70. The third kappa shape index (κ3) is 0.831. The first-order valence-electron chi connectivity index (χ1n) is 6.03. The molecule has 0 nitrogen and oxygen atoms in total. The lowest BCUT2D eigenvalue weighted by Crippen LogP contribution is -2.62. The zero-order chi connectivity index (χ0) is 9.27. The average Bonchev–Trinajstić information content (AvgIpc) is 2.02. The Kier molecular flexibility index (Phi) is 1.37. The van der Waals surface area contributed by atoms with Gasteiger partial charge in [0.1, 0.15) is 0 Å². The molecule has 0 N–H and O–H groups in total. The van der Waals surface area contributed by atoms with Gasteiger partial charge >= 0.3 is 0 Å². The Labute approximate surface area is 82.1 Å². The van der Waals surface area contributed by atoms with E-state index in [1.165, 1.54) is 0 Å². The van der Waals surface area contributed by atoms with Crippen LogP contribution >= 0.6 is 0 Å². The van der Waals surface area contributed by atoms with Gasteiger partial charge in [0, 0.05) is 0 Å². The van der Waals surface area contributed by atoms with Crippen LogP contribution in [-0.4, -0.2) is 0 Å². The van der Waals surface area contributed by atoms with E-state index in [4.69, 9.17) is 0 Å². The van der Waals surface area contributed by atoms with Gasteiger partial charge in [0.25, 0.3) is 0 Å². The monoisotopic (exact) mass is 178 g/mol. The molecule has 0 amide bonds. The smallest absolute Gasteiger partial charge is 0.0213 e. The molecular weight excluding hydrogens is 156 g/mol.